The van der Waals surface area contributed by atoms with Gasteiger partial charge in [-0.25, -0.2) is 22.3 Å². The Hall–Kier alpha value is -1.01. The van der Waals surface area contributed by atoms with E-state index in [1.54, 1.807) is 0 Å². The van der Waals surface area contributed by atoms with Crippen molar-refractivity contribution in [1.29, 1.82) is 0 Å². The molecule has 3 nitrogen and oxygen atoms in total. The van der Waals surface area contributed by atoms with E-state index in [0.717, 1.165) is 19.1 Å². The summed E-state index contributed by atoms with van der Waals surface area (Å²) in [5.74, 6) is -1.94. The summed E-state index contributed by atoms with van der Waals surface area (Å²) in [5.41, 5.74) is -0.355. The largest absolute Gasteiger partial charge is 0.240 e. The molecule has 0 fully saturated rings. The van der Waals surface area contributed by atoms with Gasteiger partial charge in [-0.1, -0.05) is 0 Å². The fourth-order valence-corrected chi connectivity index (χ4v) is 1.52. The fourth-order valence-electron chi connectivity index (χ4n) is 0.856. The minimum absolute atomic E-state index is 0.355. The highest BCUT2D eigenvalue weighted by Crippen LogP contribution is 2.18. The van der Waals surface area contributed by atoms with Crippen molar-refractivity contribution in [3.8, 4) is 0 Å². The number of hydrogen-bond acceptors (Lipinski definition) is 2. The van der Waals surface area contributed by atoms with Crippen LogP contribution in [0.4, 0.5) is 8.78 Å². The van der Waals surface area contributed by atoms with Gasteiger partial charge in [0.2, 0.25) is 10.0 Å². The summed E-state index contributed by atoms with van der Waals surface area (Å²) in [6, 6.07) is 1.66. The van der Waals surface area contributed by atoms with Crippen molar-refractivity contribution in [2.45, 2.75) is 11.8 Å². The summed E-state index contributed by atoms with van der Waals surface area (Å²) >= 11 is 0. The van der Waals surface area contributed by atoms with E-state index in [-0.39, 0.29) is 5.56 Å². The fraction of sp³-hybridized carbons (Fsp3) is 0.143. The van der Waals surface area contributed by atoms with Crippen LogP contribution in [0.2, 0.25) is 0 Å². The van der Waals surface area contributed by atoms with Crippen LogP contribution in [0, 0.1) is 18.6 Å². The van der Waals surface area contributed by atoms with Gasteiger partial charge in [-0.05, 0) is 19.1 Å². The molecule has 0 bridgehead atoms. The molecular weight excluding hydrogens is 200 g/mol. The molecule has 0 spiro atoms. The molecule has 6 heteroatoms. The summed E-state index contributed by atoms with van der Waals surface area (Å²) < 4.78 is 47.2. The molecule has 1 aromatic carbocycles. The van der Waals surface area contributed by atoms with Crippen molar-refractivity contribution in [1.82, 2.24) is 0 Å². The van der Waals surface area contributed by atoms with Gasteiger partial charge in [-0.3, -0.25) is 0 Å². The topological polar surface area (TPSA) is 60.2 Å². The number of benzene rings is 1. The molecule has 0 radical (unpaired) electrons. The number of primary sulfonamides is 1. The van der Waals surface area contributed by atoms with Crippen molar-refractivity contribution in [3.05, 3.63) is 29.3 Å². The van der Waals surface area contributed by atoms with Crippen molar-refractivity contribution in [2.24, 2.45) is 5.14 Å². The molecular formula is C7H7F2NO2S. The molecule has 2 N–H and O–H groups in total. The zero-order valence-corrected chi connectivity index (χ0v) is 7.53. The van der Waals surface area contributed by atoms with Gasteiger partial charge in [0.25, 0.3) is 0 Å². The van der Waals surface area contributed by atoms with Crippen molar-refractivity contribution < 1.29 is 17.2 Å². The van der Waals surface area contributed by atoms with E-state index in [2.05, 4.69) is 5.14 Å². The molecule has 1 rings (SSSR count). The van der Waals surface area contributed by atoms with Gasteiger partial charge in [0, 0.05) is 5.56 Å². The molecule has 0 atom stereocenters. The molecule has 1 aromatic rings. The van der Waals surface area contributed by atoms with Crippen LogP contribution in [0.3, 0.4) is 0 Å². The third-order valence-electron chi connectivity index (χ3n) is 1.59. The number of hydrogen-bond donors (Lipinski definition) is 1. The highest BCUT2D eigenvalue weighted by Gasteiger charge is 2.17. The van der Waals surface area contributed by atoms with Gasteiger partial charge in [0.15, 0.2) is 0 Å². The summed E-state index contributed by atoms with van der Waals surface area (Å²) in [4.78, 5) is -0.689. The third kappa shape index (κ3) is 1.84. The van der Waals surface area contributed by atoms with E-state index < -0.39 is 26.6 Å². The molecule has 0 aliphatic carbocycles. The second-order valence-corrected chi connectivity index (χ2v) is 4.06. The van der Waals surface area contributed by atoms with E-state index in [1.165, 1.54) is 0 Å². The minimum atomic E-state index is -4.11. The third-order valence-corrected chi connectivity index (χ3v) is 2.52. The van der Waals surface area contributed by atoms with Gasteiger partial charge in [0.05, 0.1) is 0 Å². The molecule has 72 valence electrons. The standard InChI is InChI=1S/C7H7F2NO2S/c1-4-5(8)2-3-6(7(4)9)13(10,11)12/h2-3H,1H3,(H2,10,11,12). The number of nitrogens with two attached hydrogens (primary N) is 1. The molecule has 0 aliphatic rings. The highest BCUT2D eigenvalue weighted by atomic mass is 32.2. The van der Waals surface area contributed by atoms with Crippen LogP contribution in [0.25, 0.3) is 0 Å². The van der Waals surface area contributed by atoms with E-state index >= 15 is 0 Å². The number of sulfonamides is 1. The van der Waals surface area contributed by atoms with Crippen LogP contribution in [0.15, 0.2) is 17.0 Å². The van der Waals surface area contributed by atoms with Crippen LogP contribution in [-0.2, 0) is 10.0 Å². The molecule has 13 heavy (non-hydrogen) atoms. The van der Waals surface area contributed by atoms with Crippen molar-refractivity contribution in [3.63, 3.8) is 0 Å². The normalized spacial score (nSPS) is 11.7. The van der Waals surface area contributed by atoms with Crippen LogP contribution >= 0.6 is 0 Å². The predicted molar refractivity (Wildman–Crippen MR) is 42.5 cm³/mol. The Labute approximate surface area is 74.2 Å². The van der Waals surface area contributed by atoms with Gasteiger partial charge >= 0.3 is 0 Å². The average Bonchev–Trinajstić information content (AvgIpc) is 1.98. The Morgan fingerprint density at radius 2 is 1.85 bits per heavy atom. The molecule has 0 aromatic heterocycles. The first-order valence-corrected chi connectivity index (χ1v) is 4.86. The summed E-state index contributed by atoms with van der Waals surface area (Å²) in [6.45, 7) is 1.14. The highest BCUT2D eigenvalue weighted by molar-refractivity contribution is 7.89. The molecule has 0 saturated carbocycles. The van der Waals surface area contributed by atoms with Crippen LogP contribution in [0.1, 0.15) is 5.56 Å². The lowest BCUT2D eigenvalue weighted by atomic mass is 10.2. The first kappa shape index (κ1) is 10.1. The zero-order valence-electron chi connectivity index (χ0n) is 6.71. The van der Waals surface area contributed by atoms with Crippen LogP contribution in [-0.4, -0.2) is 8.42 Å². The second-order valence-electron chi connectivity index (χ2n) is 2.53. The smallest absolute Gasteiger partial charge is 0.225 e. The summed E-state index contributed by atoms with van der Waals surface area (Å²) in [5, 5.41) is 4.69. The molecule has 0 amide bonds. The maximum atomic E-state index is 13.1. The van der Waals surface area contributed by atoms with Crippen molar-refractivity contribution >= 4 is 10.0 Å². The van der Waals surface area contributed by atoms with Crippen LogP contribution < -0.4 is 5.14 Å². The summed E-state index contributed by atoms with van der Waals surface area (Å²) in [7, 11) is -4.11. The minimum Gasteiger partial charge on any atom is -0.225 e. The molecule has 0 aliphatic heterocycles. The quantitative estimate of drug-likeness (QED) is 0.744. The maximum absolute atomic E-state index is 13.1. The lowest BCUT2D eigenvalue weighted by Crippen LogP contribution is -2.15. The van der Waals surface area contributed by atoms with E-state index in [0.29, 0.717) is 0 Å². The van der Waals surface area contributed by atoms with E-state index in [9.17, 15) is 17.2 Å². The SMILES string of the molecule is Cc1c(F)ccc(S(N)(=O)=O)c1F. The first-order chi connectivity index (χ1) is 5.84. The Bertz CT molecular complexity index is 442. The van der Waals surface area contributed by atoms with Gasteiger partial charge < -0.3 is 0 Å². The first-order valence-electron chi connectivity index (χ1n) is 3.31. The van der Waals surface area contributed by atoms with E-state index in [4.69, 9.17) is 0 Å². The van der Waals surface area contributed by atoms with Gasteiger partial charge in [-0.15, -0.1) is 0 Å². The number of halogens is 2. The number of rotatable bonds is 1. The van der Waals surface area contributed by atoms with Gasteiger partial charge in [-0.2, -0.15) is 0 Å². The van der Waals surface area contributed by atoms with Crippen LogP contribution in [0.5, 0.6) is 0 Å². The van der Waals surface area contributed by atoms with Crippen molar-refractivity contribution in [2.75, 3.05) is 0 Å². The summed E-state index contributed by atoms with van der Waals surface area (Å²) in [6.07, 6.45) is 0. The monoisotopic (exact) mass is 207 g/mol. The predicted octanol–water partition coefficient (Wildman–Crippen LogP) is 0.921. The molecule has 0 heterocycles. The lowest BCUT2D eigenvalue weighted by molar-refractivity contribution is 0.538. The molecule has 0 saturated heterocycles. The zero-order chi connectivity index (χ0) is 10.2. The lowest BCUT2D eigenvalue weighted by Gasteiger charge is -2.03. The van der Waals surface area contributed by atoms with E-state index in [1.807, 2.05) is 0 Å². The Kier molecular flexibility index (Phi) is 2.36. The Balaban J connectivity index is 3.53. The Morgan fingerprint density at radius 3 is 2.31 bits per heavy atom. The maximum Gasteiger partial charge on any atom is 0.240 e. The molecule has 0 unspecified atom stereocenters. The Morgan fingerprint density at radius 1 is 1.31 bits per heavy atom. The van der Waals surface area contributed by atoms with Gasteiger partial charge in [0.1, 0.15) is 16.5 Å². The average molecular weight is 207 g/mol. The second kappa shape index (κ2) is 3.04.